The number of aromatic nitrogens is 4. The second-order valence-corrected chi connectivity index (χ2v) is 6.42. The zero-order chi connectivity index (χ0) is 19.6. The molecule has 1 atom stereocenters. The predicted molar refractivity (Wildman–Crippen MR) is 102 cm³/mol. The number of aliphatic hydroxyl groups is 2. The third-order valence-corrected chi connectivity index (χ3v) is 4.52. The Morgan fingerprint density at radius 2 is 1.85 bits per heavy atom. The molecular weight excluding hydrogens is 350 g/mol. The Labute approximate surface area is 155 Å². The first-order valence-electron chi connectivity index (χ1n) is 8.67. The number of aryl methyl sites for hydroxylation is 3. The molecule has 1 aromatic carbocycles. The van der Waals surface area contributed by atoms with E-state index in [-0.39, 0.29) is 12.2 Å². The number of anilines is 1. The minimum absolute atomic E-state index is 0.0689. The summed E-state index contributed by atoms with van der Waals surface area (Å²) in [7, 11) is 2.99. The van der Waals surface area contributed by atoms with E-state index >= 15 is 0 Å². The predicted octanol–water partition coefficient (Wildman–Crippen LogP) is -0.558. The fourth-order valence-electron chi connectivity index (χ4n) is 2.96. The molecule has 0 spiro atoms. The maximum atomic E-state index is 12.7. The smallest absolute Gasteiger partial charge is 0.332 e. The molecular formula is C18H23N5O4. The summed E-state index contributed by atoms with van der Waals surface area (Å²) in [6.45, 7) is 0.141. The Bertz CT molecular complexity index is 1050. The summed E-state index contributed by atoms with van der Waals surface area (Å²) in [5.41, 5.74) is 0.808. The van der Waals surface area contributed by atoms with Crippen molar-refractivity contribution in [2.45, 2.75) is 19.1 Å². The lowest BCUT2D eigenvalue weighted by Crippen LogP contribution is -2.37. The van der Waals surface area contributed by atoms with Gasteiger partial charge in [-0.25, -0.2) is 4.79 Å². The van der Waals surface area contributed by atoms with Crippen molar-refractivity contribution >= 4 is 17.1 Å². The Morgan fingerprint density at radius 1 is 1.15 bits per heavy atom. The standard InChI is InChI=1S/C18H23N5O4/c1-21-15-14(16(26)22(2)18(21)27)23(9-8-12-6-4-3-5-7-12)17(20-15)19-10-13(25)11-24/h3-7,13,24-25H,8-11H2,1-2H3,(H,19,20)/t13-/m0/s1. The van der Waals surface area contributed by atoms with Crippen molar-refractivity contribution in [1.29, 1.82) is 0 Å². The third-order valence-electron chi connectivity index (χ3n) is 4.52. The van der Waals surface area contributed by atoms with Crippen LogP contribution in [-0.4, -0.2) is 48.2 Å². The summed E-state index contributed by atoms with van der Waals surface area (Å²) >= 11 is 0. The Morgan fingerprint density at radius 3 is 2.52 bits per heavy atom. The Kier molecular flexibility index (Phi) is 5.43. The average molecular weight is 373 g/mol. The molecule has 0 saturated carbocycles. The van der Waals surface area contributed by atoms with Gasteiger partial charge in [0.25, 0.3) is 5.56 Å². The highest BCUT2D eigenvalue weighted by atomic mass is 16.3. The van der Waals surface area contributed by atoms with Gasteiger partial charge in [0.1, 0.15) is 0 Å². The summed E-state index contributed by atoms with van der Waals surface area (Å²) in [5.74, 6) is 0.367. The Balaban J connectivity index is 2.08. The van der Waals surface area contributed by atoms with Crippen LogP contribution < -0.4 is 16.6 Å². The van der Waals surface area contributed by atoms with Crippen LogP contribution in [0.5, 0.6) is 0 Å². The number of nitrogens with zero attached hydrogens (tertiary/aromatic N) is 4. The maximum absolute atomic E-state index is 12.7. The second kappa shape index (κ2) is 7.77. The highest BCUT2D eigenvalue weighted by molar-refractivity contribution is 5.74. The van der Waals surface area contributed by atoms with Gasteiger partial charge >= 0.3 is 5.69 Å². The van der Waals surface area contributed by atoms with Crippen LogP contribution in [0.25, 0.3) is 11.2 Å². The molecule has 0 bridgehead atoms. The van der Waals surface area contributed by atoms with Crippen LogP contribution in [0, 0.1) is 0 Å². The molecule has 0 aliphatic heterocycles. The van der Waals surface area contributed by atoms with Gasteiger partial charge < -0.3 is 20.1 Å². The van der Waals surface area contributed by atoms with Crippen LogP contribution >= 0.6 is 0 Å². The molecule has 3 N–H and O–H groups in total. The topological polar surface area (TPSA) is 114 Å². The van der Waals surface area contributed by atoms with Crippen LogP contribution in [0.2, 0.25) is 0 Å². The van der Waals surface area contributed by atoms with E-state index in [0.29, 0.717) is 24.4 Å². The quantitative estimate of drug-likeness (QED) is 0.512. The lowest BCUT2D eigenvalue weighted by molar-refractivity contribution is 0.105. The van der Waals surface area contributed by atoms with Gasteiger partial charge in [0.15, 0.2) is 11.2 Å². The first-order chi connectivity index (χ1) is 12.9. The normalized spacial score (nSPS) is 12.4. The highest BCUT2D eigenvalue weighted by Gasteiger charge is 2.19. The van der Waals surface area contributed by atoms with E-state index in [2.05, 4.69) is 10.3 Å². The number of rotatable bonds is 7. The summed E-state index contributed by atoms with van der Waals surface area (Å²) in [6.07, 6.45) is -0.297. The van der Waals surface area contributed by atoms with Gasteiger partial charge in [-0.15, -0.1) is 0 Å². The molecule has 0 amide bonds. The number of benzene rings is 1. The average Bonchev–Trinajstić information content (AvgIpc) is 3.06. The number of aliphatic hydroxyl groups excluding tert-OH is 2. The molecule has 9 nitrogen and oxygen atoms in total. The van der Waals surface area contributed by atoms with E-state index in [0.717, 1.165) is 10.1 Å². The number of hydrogen-bond acceptors (Lipinski definition) is 6. The molecule has 0 radical (unpaired) electrons. The molecule has 27 heavy (non-hydrogen) atoms. The van der Waals surface area contributed by atoms with Crippen LogP contribution in [0.3, 0.4) is 0 Å². The number of fused-ring (bicyclic) bond motifs is 1. The molecule has 0 unspecified atom stereocenters. The maximum Gasteiger partial charge on any atom is 0.332 e. The molecule has 2 aromatic heterocycles. The molecule has 3 rings (SSSR count). The molecule has 9 heteroatoms. The summed E-state index contributed by atoms with van der Waals surface area (Å²) < 4.78 is 4.09. The minimum Gasteiger partial charge on any atom is -0.394 e. The van der Waals surface area contributed by atoms with Gasteiger partial charge in [-0.3, -0.25) is 13.9 Å². The molecule has 0 aliphatic carbocycles. The van der Waals surface area contributed by atoms with Crippen molar-refractivity contribution in [1.82, 2.24) is 18.7 Å². The minimum atomic E-state index is -0.959. The van der Waals surface area contributed by atoms with E-state index < -0.39 is 24.0 Å². The first-order valence-corrected chi connectivity index (χ1v) is 8.67. The van der Waals surface area contributed by atoms with Crippen molar-refractivity contribution in [2.24, 2.45) is 14.1 Å². The van der Waals surface area contributed by atoms with Crippen molar-refractivity contribution in [3.63, 3.8) is 0 Å². The van der Waals surface area contributed by atoms with Gasteiger partial charge in [-0.2, -0.15) is 4.98 Å². The van der Waals surface area contributed by atoms with Crippen molar-refractivity contribution in [2.75, 3.05) is 18.5 Å². The zero-order valence-electron chi connectivity index (χ0n) is 15.3. The van der Waals surface area contributed by atoms with E-state index in [1.165, 1.54) is 11.6 Å². The summed E-state index contributed by atoms with van der Waals surface area (Å²) in [6, 6.07) is 9.82. The van der Waals surface area contributed by atoms with Gasteiger partial charge in [0.05, 0.1) is 12.7 Å². The SMILES string of the molecule is Cn1c(=O)c2c(nc(NC[C@H](O)CO)n2CCc2ccccc2)n(C)c1=O. The van der Waals surface area contributed by atoms with Crippen molar-refractivity contribution < 1.29 is 10.2 Å². The summed E-state index contributed by atoms with van der Waals surface area (Å²) in [4.78, 5) is 29.3. The molecule has 0 saturated heterocycles. The van der Waals surface area contributed by atoms with Gasteiger partial charge in [0.2, 0.25) is 5.95 Å². The Hall–Kier alpha value is -2.91. The van der Waals surface area contributed by atoms with Crippen LogP contribution in [-0.2, 0) is 27.1 Å². The third kappa shape index (κ3) is 3.64. The van der Waals surface area contributed by atoms with Crippen molar-refractivity contribution in [3.05, 3.63) is 56.7 Å². The zero-order valence-corrected chi connectivity index (χ0v) is 15.3. The molecule has 2 heterocycles. The van der Waals surface area contributed by atoms with E-state index in [4.69, 9.17) is 5.11 Å². The van der Waals surface area contributed by atoms with Crippen molar-refractivity contribution in [3.8, 4) is 0 Å². The van der Waals surface area contributed by atoms with Crippen LogP contribution in [0.4, 0.5) is 5.95 Å². The fourth-order valence-corrected chi connectivity index (χ4v) is 2.96. The van der Waals surface area contributed by atoms with E-state index in [1.807, 2.05) is 30.3 Å². The van der Waals surface area contributed by atoms with Crippen LogP contribution in [0.1, 0.15) is 5.56 Å². The van der Waals surface area contributed by atoms with Gasteiger partial charge in [-0.1, -0.05) is 30.3 Å². The molecule has 3 aromatic rings. The monoisotopic (exact) mass is 373 g/mol. The fraction of sp³-hybridized carbons (Fsp3) is 0.389. The second-order valence-electron chi connectivity index (χ2n) is 6.42. The lowest BCUT2D eigenvalue weighted by atomic mass is 10.1. The highest BCUT2D eigenvalue weighted by Crippen LogP contribution is 2.17. The van der Waals surface area contributed by atoms with Gasteiger partial charge in [-0.05, 0) is 12.0 Å². The first kappa shape index (κ1) is 18.9. The number of imidazole rings is 1. The van der Waals surface area contributed by atoms with E-state index in [1.54, 1.807) is 11.6 Å². The number of nitrogens with one attached hydrogen (secondary N) is 1. The molecule has 0 fully saturated rings. The van der Waals surface area contributed by atoms with E-state index in [9.17, 15) is 14.7 Å². The van der Waals surface area contributed by atoms with Crippen LogP contribution in [0.15, 0.2) is 39.9 Å². The molecule has 144 valence electrons. The summed E-state index contributed by atoms with van der Waals surface area (Å²) in [5, 5.41) is 21.6. The largest absolute Gasteiger partial charge is 0.394 e. The lowest BCUT2D eigenvalue weighted by Gasteiger charge is -2.12. The number of hydrogen-bond donors (Lipinski definition) is 3. The van der Waals surface area contributed by atoms with Gasteiger partial charge in [0, 0.05) is 27.2 Å². The molecule has 0 aliphatic rings.